The van der Waals surface area contributed by atoms with Gasteiger partial charge in [-0.2, -0.15) is 5.10 Å². The Kier molecular flexibility index (Phi) is 3.99. The molecule has 2 atom stereocenters. The molecule has 0 spiro atoms. The van der Waals surface area contributed by atoms with Crippen LogP contribution in [0.3, 0.4) is 0 Å². The van der Waals surface area contributed by atoms with E-state index in [0.29, 0.717) is 6.04 Å². The summed E-state index contributed by atoms with van der Waals surface area (Å²) in [7, 11) is 0. The number of hydrogen-bond acceptors (Lipinski definition) is 2. The quantitative estimate of drug-likeness (QED) is 0.845. The first-order chi connectivity index (χ1) is 7.77. The van der Waals surface area contributed by atoms with E-state index >= 15 is 0 Å². The fraction of sp³-hybridized carbons (Fsp3) is 0.769. The molecule has 0 radical (unpaired) electrons. The smallest absolute Gasteiger partial charge is 0.0534 e. The van der Waals surface area contributed by atoms with Gasteiger partial charge < -0.3 is 5.32 Å². The lowest BCUT2D eigenvalue weighted by Crippen LogP contribution is -2.43. The predicted octanol–water partition coefficient (Wildman–Crippen LogP) is 2.30. The van der Waals surface area contributed by atoms with Crippen molar-refractivity contribution in [3.8, 4) is 0 Å². The Morgan fingerprint density at radius 2 is 2.06 bits per heavy atom. The largest absolute Gasteiger partial charge is 0.312 e. The number of nitrogens with zero attached hydrogens (tertiary/aromatic N) is 2. The first-order valence-electron chi connectivity index (χ1n) is 6.48. The Morgan fingerprint density at radius 3 is 2.69 bits per heavy atom. The Morgan fingerprint density at radius 1 is 1.31 bits per heavy atom. The van der Waals surface area contributed by atoms with Crippen molar-refractivity contribution in [1.29, 1.82) is 0 Å². The van der Waals surface area contributed by atoms with Gasteiger partial charge in [-0.05, 0) is 30.7 Å². The first-order valence-corrected chi connectivity index (χ1v) is 6.48. The average molecular weight is 221 g/mol. The third kappa shape index (κ3) is 2.85. The van der Waals surface area contributed by atoms with Crippen LogP contribution in [0.2, 0.25) is 0 Å². The van der Waals surface area contributed by atoms with Gasteiger partial charge in [0.1, 0.15) is 0 Å². The Bertz CT molecular complexity index is 284. The zero-order valence-electron chi connectivity index (χ0n) is 10.4. The lowest BCUT2D eigenvalue weighted by Gasteiger charge is -2.35. The fourth-order valence-electron chi connectivity index (χ4n) is 2.86. The van der Waals surface area contributed by atoms with Gasteiger partial charge in [0, 0.05) is 25.0 Å². The highest BCUT2D eigenvalue weighted by Gasteiger charge is 2.26. The normalized spacial score (nSPS) is 30.5. The van der Waals surface area contributed by atoms with E-state index < -0.39 is 0 Å². The molecule has 1 aromatic heterocycles. The molecule has 90 valence electrons. The van der Waals surface area contributed by atoms with Crippen LogP contribution in [0.1, 0.15) is 33.1 Å². The van der Waals surface area contributed by atoms with Crippen LogP contribution in [0.15, 0.2) is 18.5 Å². The zero-order chi connectivity index (χ0) is 11.4. The maximum absolute atomic E-state index is 4.21. The Balaban J connectivity index is 1.75. The summed E-state index contributed by atoms with van der Waals surface area (Å²) in [5, 5.41) is 7.91. The van der Waals surface area contributed by atoms with Crippen molar-refractivity contribution in [3.63, 3.8) is 0 Å². The first kappa shape index (κ1) is 11.6. The molecule has 1 aromatic rings. The van der Waals surface area contributed by atoms with Crippen molar-refractivity contribution < 1.29 is 0 Å². The molecule has 1 N–H and O–H groups in total. The minimum atomic E-state index is 0.698. The standard InChI is InChI=1S/C13H23N3/c1-11-5-3-6-12(2)13(11)14-8-10-16-9-4-7-15-16/h4,7,9,11-14H,3,5-6,8,10H2,1-2H3. The molecule has 1 fully saturated rings. The van der Waals surface area contributed by atoms with Gasteiger partial charge in [-0.15, -0.1) is 0 Å². The number of rotatable bonds is 4. The zero-order valence-corrected chi connectivity index (χ0v) is 10.4. The van der Waals surface area contributed by atoms with E-state index in [4.69, 9.17) is 0 Å². The summed E-state index contributed by atoms with van der Waals surface area (Å²) in [6.45, 7) is 6.76. The van der Waals surface area contributed by atoms with Crippen LogP contribution < -0.4 is 5.32 Å². The highest BCUT2D eigenvalue weighted by molar-refractivity contribution is 4.83. The molecule has 1 saturated carbocycles. The van der Waals surface area contributed by atoms with Crippen LogP contribution in [0.4, 0.5) is 0 Å². The van der Waals surface area contributed by atoms with Gasteiger partial charge in [-0.25, -0.2) is 0 Å². The van der Waals surface area contributed by atoms with Crippen molar-refractivity contribution >= 4 is 0 Å². The SMILES string of the molecule is CC1CCCC(C)C1NCCn1cccn1. The highest BCUT2D eigenvalue weighted by atomic mass is 15.3. The van der Waals surface area contributed by atoms with Crippen LogP contribution in [0.5, 0.6) is 0 Å². The maximum atomic E-state index is 4.21. The molecule has 0 bridgehead atoms. The van der Waals surface area contributed by atoms with E-state index in [1.165, 1.54) is 19.3 Å². The molecule has 1 heterocycles. The van der Waals surface area contributed by atoms with Crippen molar-refractivity contribution in [2.24, 2.45) is 11.8 Å². The molecule has 0 aromatic carbocycles. The van der Waals surface area contributed by atoms with Crippen LogP contribution in [0, 0.1) is 11.8 Å². The lowest BCUT2D eigenvalue weighted by molar-refractivity contribution is 0.207. The van der Waals surface area contributed by atoms with Crippen LogP contribution in [0.25, 0.3) is 0 Å². The second kappa shape index (κ2) is 5.48. The molecule has 1 aliphatic carbocycles. The van der Waals surface area contributed by atoms with E-state index in [0.717, 1.165) is 24.9 Å². The Hall–Kier alpha value is -0.830. The second-order valence-corrected chi connectivity index (χ2v) is 5.13. The predicted molar refractivity (Wildman–Crippen MR) is 66.2 cm³/mol. The third-order valence-corrected chi connectivity index (χ3v) is 3.83. The van der Waals surface area contributed by atoms with E-state index in [-0.39, 0.29) is 0 Å². The van der Waals surface area contributed by atoms with E-state index in [1.807, 2.05) is 23.1 Å². The molecular weight excluding hydrogens is 198 g/mol. The van der Waals surface area contributed by atoms with Gasteiger partial charge in [0.15, 0.2) is 0 Å². The number of hydrogen-bond donors (Lipinski definition) is 1. The second-order valence-electron chi connectivity index (χ2n) is 5.13. The topological polar surface area (TPSA) is 29.9 Å². The lowest BCUT2D eigenvalue weighted by atomic mass is 9.79. The Labute approximate surface area is 98.2 Å². The van der Waals surface area contributed by atoms with Gasteiger partial charge in [-0.3, -0.25) is 4.68 Å². The van der Waals surface area contributed by atoms with Crippen LogP contribution >= 0.6 is 0 Å². The molecule has 0 aliphatic heterocycles. The molecule has 3 heteroatoms. The van der Waals surface area contributed by atoms with Gasteiger partial charge in [0.05, 0.1) is 6.54 Å². The summed E-state index contributed by atoms with van der Waals surface area (Å²) >= 11 is 0. The summed E-state index contributed by atoms with van der Waals surface area (Å²) in [6, 6.07) is 2.68. The summed E-state index contributed by atoms with van der Waals surface area (Å²) in [5.74, 6) is 1.64. The molecule has 3 nitrogen and oxygen atoms in total. The molecule has 1 aliphatic rings. The van der Waals surface area contributed by atoms with Crippen LogP contribution in [-0.2, 0) is 6.54 Å². The van der Waals surface area contributed by atoms with E-state index in [9.17, 15) is 0 Å². The van der Waals surface area contributed by atoms with Gasteiger partial charge in [0.25, 0.3) is 0 Å². The number of aromatic nitrogens is 2. The molecule has 16 heavy (non-hydrogen) atoms. The van der Waals surface area contributed by atoms with Crippen molar-refractivity contribution in [2.45, 2.75) is 45.7 Å². The molecule has 2 rings (SSSR count). The number of nitrogens with one attached hydrogen (secondary N) is 1. The summed E-state index contributed by atoms with van der Waals surface area (Å²) < 4.78 is 1.99. The summed E-state index contributed by atoms with van der Waals surface area (Å²) in [6.07, 6.45) is 8.02. The van der Waals surface area contributed by atoms with E-state index in [2.05, 4.69) is 24.3 Å². The molecule has 2 unspecified atom stereocenters. The van der Waals surface area contributed by atoms with Gasteiger partial charge >= 0.3 is 0 Å². The molecule has 0 saturated heterocycles. The average Bonchev–Trinajstić information content (AvgIpc) is 2.75. The van der Waals surface area contributed by atoms with Gasteiger partial charge in [0.2, 0.25) is 0 Å². The fourth-order valence-corrected chi connectivity index (χ4v) is 2.86. The monoisotopic (exact) mass is 221 g/mol. The highest BCUT2D eigenvalue weighted by Crippen LogP contribution is 2.28. The van der Waals surface area contributed by atoms with Crippen molar-refractivity contribution in [2.75, 3.05) is 6.54 Å². The summed E-state index contributed by atoms with van der Waals surface area (Å²) in [5.41, 5.74) is 0. The maximum Gasteiger partial charge on any atom is 0.0534 e. The minimum Gasteiger partial charge on any atom is -0.312 e. The van der Waals surface area contributed by atoms with Crippen molar-refractivity contribution in [1.82, 2.24) is 15.1 Å². The summed E-state index contributed by atoms with van der Waals surface area (Å²) in [4.78, 5) is 0. The van der Waals surface area contributed by atoms with Crippen molar-refractivity contribution in [3.05, 3.63) is 18.5 Å². The van der Waals surface area contributed by atoms with Gasteiger partial charge in [-0.1, -0.05) is 20.3 Å². The minimum absolute atomic E-state index is 0.698. The van der Waals surface area contributed by atoms with Crippen LogP contribution in [-0.4, -0.2) is 22.4 Å². The third-order valence-electron chi connectivity index (χ3n) is 3.83. The van der Waals surface area contributed by atoms with E-state index in [1.54, 1.807) is 0 Å². The molecule has 0 amide bonds. The molecular formula is C13H23N3.